The number of anilines is 1. The lowest BCUT2D eigenvalue weighted by molar-refractivity contribution is -0.140. The Kier molecular flexibility index (Phi) is 6.90. The van der Waals surface area contributed by atoms with Crippen molar-refractivity contribution >= 4 is 29.4 Å². The Bertz CT molecular complexity index is 1150. The fraction of sp³-hybridized carbons (Fsp3) is 0.360. The lowest BCUT2D eigenvalue weighted by Crippen LogP contribution is -2.43. The molecule has 2 heterocycles. The number of hydrogen-bond acceptors (Lipinski definition) is 7. The van der Waals surface area contributed by atoms with E-state index >= 15 is 0 Å². The average molecular weight is 482 g/mol. The summed E-state index contributed by atoms with van der Waals surface area (Å²) in [7, 11) is 1.49. The van der Waals surface area contributed by atoms with Crippen LogP contribution in [-0.2, 0) is 14.4 Å². The largest absolute Gasteiger partial charge is 0.497 e. The van der Waals surface area contributed by atoms with E-state index in [4.69, 9.17) is 14.2 Å². The average Bonchev–Trinajstić information content (AvgIpc) is 3.01. The van der Waals surface area contributed by atoms with Gasteiger partial charge in [-0.05, 0) is 47.9 Å². The van der Waals surface area contributed by atoms with Crippen molar-refractivity contribution in [1.29, 1.82) is 0 Å². The zero-order chi connectivity index (χ0) is 25.1. The van der Waals surface area contributed by atoms with Crippen LogP contribution in [0, 0.1) is 5.92 Å². The van der Waals surface area contributed by atoms with Gasteiger partial charge in [0.15, 0.2) is 11.5 Å². The van der Waals surface area contributed by atoms with Gasteiger partial charge >= 0.3 is 17.8 Å². The lowest BCUT2D eigenvalue weighted by Gasteiger charge is -2.25. The number of benzene rings is 2. The zero-order valence-electron chi connectivity index (χ0n) is 19.8. The smallest absolute Gasteiger partial charge is 0.339 e. The first-order valence-corrected chi connectivity index (χ1v) is 11.3. The maximum Gasteiger partial charge on any atom is 0.339 e. The molecule has 2 aromatic carbocycles. The molecular weight excluding hydrogens is 454 g/mol. The molecule has 0 unspecified atom stereocenters. The molecule has 1 saturated heterocycles. The number of carbonyl (C=O) groups excluding carboxylic acids is 4. The van der Waals surface area contributed by atoms with Crippen molar-refractivity contribution in [2.24, 2.45) is 5.92 Å². The molecule has 0 spiro atoms. The molecule has 10 heteroatoms. The molecule has 0 bridgehead atoms. The van der Waals surface area contributed by atoms with Crippen molar-refractivity contribution in [3.05, 3.63) is 48.0 Å². The Balaban J connectivity index is 1.48. The molecule has 184 valence electrons. The van der Waals surface area contributed by atoms with Crippen molar-refractivity contribution in [3.63, 3.8) is 0 Å². The minimum atomic E-state index is -1.06. The van der Waals surface area contributed by atoms with Crippen LogP contribution < -0.4 is 24.4 Å². The fourth-order valence-corrected chi connectivity index (χ4v) is 3.97. The van der Waals surface area contributed by atoms with Gasteiger partial charge in [0.25, 0.3) is 0 Å². The molecule has 0 aromatic heterocycles. The van der Waals surface area contributed by atoms with E-state index in [1.807, 2.05) is 26.0 Å². The number of rotatable bonds is 7. The summed E-state index contributed by atoms with van der Waals surface area (Å²) in [6.45, 7) is 4.40. The van der Waals surface area contributed by atoms with Crippen molar-refractivity contribution in [3.8, 4) is 17.2 Å². The summed E-state index contributed by atoms with van der Waals surface area (Å²) in [4.78, 5) is 52.2. The second-order valence-corrected chi connectivity index (χ2v) is 8.56. The Morgan fingerprint density at radius 1 is 1.00 bits per heavy atom. The summed E-state index contributed by atoms with van der Waals surface area (Å²) < 4.78 is 16.5. The van der Waals surface area contributed by atoms with Gasteiger partial charge in [0.05, 0.1) is 32.1 Å². The summed E-state index contributed by atoms with van der Waals surface area (Å²) in [6, 6.07) is 10.3. The van der Waals surface area contributed by atoms with Gasteiger partial charge in [-0.15, -0.1) is 0 Å². The zero-order valence-corrected chi connectivity index (χ0v) is 19.8. The van der Waals surface area contributed by atoms with Crippen LogP contribution in [0.25, 0.3) is 0 Å². The van der Waals surface area contributed by atoms with E-state index in [1.54, 1.807) is 18.2 Å². The number of imide groups is 2. The monoisotopic (exact) mass is 481 g/mol. The third-order valence-corrected chi connectivity index (χ3v) is 5.80. The number of carbonyl (C=O) groups is 4. The van der Waals surface area contributed by atoms with Crippen LogP contribution in [-0.4, -0.2) is 55.5 Å². The molecule has 0 radical (unpaired) electrons. The molecule has 5 amide bonds. The van der Waals surface area contributed by atoms with Gasteiger partial charge in [-0.3, -0.25) is 14.4 Å². The summed E-state index contributed by atoms with van der Waals surface area (Å²) >= 11 is 0. The van der Waals surface area contributed by atoms with Crippen molar-refractivity contribution < 1.29 is 33.4 Å². The molecule has 1 atom stereocenters. The van der Waals surface area contributed by atoms with Crippen LogP contribution in [0.5, 0.6) is 17.2 Å². The minimum absolute atomic E-state index is 0.00823. The van der Waals surface area contributed by atoms with Crippen LogP contribution in [0.1, 0.15) is 31.9 Å². The fourth-order valence-electron chi connectivity index (χ4n) is 3.97. The molecule has 2 aromatic rings. The minimum Gasteiger partial charge on any atom is -0.497 e. The predicted molar refractivity (Wildman–Crippen MR) is 125 cm³/mol. The second-order valence-electron chi connectivity index (χ2n) is 8.56. The standard InChI is InChI=1S/C25H27N3O7/c1-15(2)22(16-5-10-19-20(13-16)35-12-4-11-34-19)26-21(29)14-27-23(30)24(31)28(25(27)32)17-6-8-18(33-3)9-7-17/h5-10,13,15,22H,4,11-12,14H2,1-3H3,(H,26,29)/t22-/m0/s1. The second kappa shape index (κ2) is 10.0. The highest BCUT2D eigenvalue weighted by atomic mass is 16.5. The first-order valence-electron chi connectivity index (χ1n) is 11.3. The molecular formula is C25H27N3O7. The number of amides is 5. The van der Waals surface area contributed by atoms with Gasteiger partial charge in [0.1, 0.15) is 12.3 Å². The van der Waals surface area contributed by atoms with Crippen molar-refractivity contribution in [2.45, 2.75) is 26.3 Å². The molecule has 1 fully saturated rings. The SMILES string of the molecule is COc1ccc(N2C(=O)C(=O)N(CC(=O)N[C@H](c3ccc4c(c3)OCCCO4)C(C)C)C2=O)cc1. The Morgan fingerprint density at radius 3 is 2.34 bits per heavy atom. The summed E-state index contributed by atoms with van der Waals surface area (Å²) in [5.74, 6) is -0.872. The van der Waals surface area contributed by atoms with Gasteiger partial charge in [-0.1, -0.05) is 19.9 Å². The van der Waals surface area contributed by atoms with Crippen LogP contribution >= 0.6 is 0 Å². The molecule has 4 rings (SSSR count). The van der Waals surface area contributed by atoms with Crippen molar-refractivity contribution in [1.82, 2.24) is 10.2 Å². The molecule has 0 saturated carbocycles. The van der Waals surface area contributed by atoms with Crippen molar-refractivity contribution in [2.75, 3.05) is 31.8 Å². The highest BCUT2D eigenvalue weighted by Gasteiger charge is 2.46. The van der Waals surface area contributed by atoms with E-state index in [1.165, 1.54) is 19.2 Å². The number of nitrogens with one attached hydrogen (secondary N) is 1. The number of urea groups is 1. The number of methoxy groups -OCH3 is 1. The van der Waals surface area contributed by atoms with E-state index in [0.29, 0.717) is 35.4 Å². The Labute approximate surface area is 202 Å². The number of ether oxygens (including phenoxy) is 3. The van der Waals surface area contributed by atoms with E-state index < -0.39 is 36.3 Å². The number of fused-ring (bicyclic) bond motifs is 1. The first kappa shape index (κ1) is 24.1. The molecule has 1 N–H and O–H groups in total. The quantitative estimate of drug-likeness (QED) is 0.478. The number of hydrogen-bond donors (Lipinski definition) is 1. The highest BCUT2D eigenvalue weighted by molar-refractivity contribution is 6.53. The van der Waals surface area contributed by atoms with Crippen LogP contribution in [0.3, 0.4) is 0 Å². The van der Waals surface area contributed by atoms with Gasteiger partial charge in [0.2, 0.25) is 5.91 Å². The van der Waals surface area contributed by atoms with Gasteiger partial charge in [-0.2, -0.15) is 0 Å². The normalized spacial score (nSPS) is 16.4. The maximum atomic E-state index is 12.9. The maximum absolute atomic E-state index is 12.9. The third-order valence-electron chi connectivity index (χ3n) is 5.80. The Morgan fingerprint density at radius 2 is 1.69 bits per heavy atom. The molecule has 10 nitrogen and oxygen atoms in total. The van der Waals surface area contributed by atoms with E-state index in [9.17, 15) is 19.2 Å². The van der Waals surface area contributed by atoms with Crippen LogP contribution in [0.15, 0.2) is 42.5 Å². The van der Waals surface area contributed by atoms with Gasteiger partial charge in [0, 0.05) is 6.42 Å². The summed E-state index contributed by atoms with van der Waals surface area (Å²) in [6.07, 6.45) is 0.776. The lowest BCUT2D eigenvalue weighted by atomic mass is 9.95. The topological polar surface area (TPSA) is 114 Å². The van der Waals surface area contributed by atoms with Gasteiger partial charge in [-0.25, -0.2) is 14.6 Å². The van der Waals surface area contributed by atoms with E-state index in [-0.39, 0.29) is 11.6 Å². The molecule has 2 aliphatic rings. The van der Waals surface area contributed by atoms with E-state index in [2.05, 4.69) is 5.32 Å². The third kappa shape index (κ3) is 4.91. The molecule has 35 heavy (non-hydrogen) atoms. The summed E-state index contributed by atoms with van der Waals surface area (Å²) in [5.41, 5.74) is 1.01. The first-order chi connectivity index (χ1) is 16.8. The predicted octanol–water partition coefficient (Wildman–Crippen LogP) is 2.67. The Hall–Kier alpha value is -4.08. The van der Waals surface area contributed by atoms with E-state index in [0.717, 1.165) is 16.9 Å². The summed E-state index contributed by atoms with van der Waals surface area (Å²) in [5, 5.41) is 2.88. The van der Waals surface area contributed by atoms with Crippen LogP contribution in [0.2, 0.25) is 0 Å². The number of nitrogens with zero attached hydrogens (tertiary/aromatic N) is 2. The molecule has 2 aliphatic heterocycles. The highest BCUT2D eigenvalue weighted by Crippen LogP contribution is 2.34. The molecule has 0 aliphatic carbocycles. The van der Waals surface area contributed by atoms with Gasteiger partial charge < -0.3 is 19.5 Å². The van der Waals surface area contributed by atoms with Crippen LogP contribution in [0.4, 0.5) is 10.5 Å².